The van der Waals surface area contributed by atoms with E-state index >= 15 is 0 Å². The molecule has 0 radical (unpaired) electrons. The Morgan fingerprint density at radius 1 is 0.646 bits per heavy atom. The lowest BCUT2D eigenvalue weighted by atomic mass is 9.82. The van der Waals surface area contributed by atoms with Gasteiger partial charge in [0.15, 0.2) is 5.78 Å². The monoisotopic (exact) mass is 891 g/mol. The number of nitrogen functional groups attached to an aromatic ring is 2. The minimum Gasteiger partial charge on any atom is -0.493 e. The highest BCUT2D eigenvalue weighted by molar-refractivity contribution is 6.01. The van der Waals surface area contributed by atoms with E-state index in [2.05, 4.69) is 13.2 Å². The summed E-state index contributed by atoms with van der Waals surface area (Å²) in [5.74, 6) is -3.33. The lowest BCUT2D eigenvalue weighted by molar-refractivity contribution is -0.187. The molecule has 5 rings (SSSR count). The number of carbonyl (C=O) groups is 2. The quantitative estimate of drug-likeness (QED) is 0.0173. The molecule has 3 aromatic carbocycles. The second-order valence-corrected chi connectivity index (χ2v) is 17.9. The van der Waals surface area contributed by atoms with Crippen LogP contribution in [-0.4, -0.2) is 66.2 Å². The molecule has 10 nitrogen and oxygen atoms in total. The van der Waals surface area contributed by atoms with E-state index in [0.29, 0.717) is 48.5 Å². The van der Waals surface area contributed by atoms with Gasteiger partial charge in [-0.3, -0.25) is 9.59 Å². The highest BCUT2D eigenvalue weighted by Gasteiger charge is 2.43. The predicted molar refractivity (Wildman–Crippen MR) is 262 cm³/mol. The maximum Gasteiger partial charge on any atom is 0.235 e. The first kappa shape index (κ1) is 51.0. The highest BCUT2D eigenvalue weighted by atomic mass is 16.5. The summed E-state index contributed by atoms with van der Waals surface area (Å²) in [6.07, 6.45) is 27.4. The van der Waals surface area contributed by atoms with E-state index in [1.165, 1.54) is 50.0 Å². The van der Waals surface area contributed by atoms with E-state index in [-0.39, 0.29) is 11.3 Å². The van der Waals surface area contributed by atoms with Crippen LogP contribution in [0.15, 0.2) is 104 Å². The van der Waals surface area contributed by atoms with Crippen LogP contribution in [0.1, 0.15) is 132 Å². The third-order valence-corrected chi connectivity index (χ3v) is 12.8. The average Bonchev–Trinajstić information content (AvgIpc) is 3.31. The largest absolute Gasteiger partial charge is 0.493 e. The molecule has 3 aromatic rings. The van der Waals surface area contributed by atoms with Crippen molar-refractivity contribution in [1.82, 2.24) is 0 Å². The summed E-state index contributed by atoms with van der Waals surface area (Å²) >= 11 is 0. The van der Waals surface area contributed by atoms with Crippen molar-refractivity contribution in [3.63, 3.8) is 0 Å². The number of rotatable bonds is 29. The van der Waals surface area contributed by atoms with Gasteiger partial charge >= 0.3 is 0 Å². The number of hydrogen-bond acceptors (Lipinski definition) is 10. The summed E-state index contributed by atoms with van der Waals surface area (Å²) in [4.78, 5) is 26.9. The Morgan fingerprint density at radius 2 is 1.12 bits per heavy atom. The number of benzene rings is 3. The fourth-order valence-corrected chi connectivity index (χ4v) is 8.65. The minimum atomic E-state index is -2.96. The molecule has 10 heteroatoms. The fourth-order valence-electron chi connectivity index (χ4n) is 8.65. The Balaban J connectivity index is 1.08. The van der Waals surface area contributed by atoms with Crippen LogP contribution in [0.2, 0.25) is 0 Å². The van der Waals surface area contributed by atoms with Crippen LogP contribution >= 0.6 is 0 Å². The number of hydrogen-bond donors (Lipinski definition) is 4. The Morgan fingerprint density at radius 3 is 1.58 bits per heavy atom. The Labute approximate surface area is 387 Å². The molecule has 2 fully saturated rings. The Bertz CT molecular complexity index is 1960. The van der Waals surface area contributed by atoms with Crippen molar-refractivity contribution in [3.8, 4) is 11.5 Å². The normalized spacial score (nSPS) is 19.5. The first-order chi connectivity index (χ1) is 31.5. The summed E-state index contributed by atoms with van der Waals surface area (Å²) in [7, 11) is 0. The molecule has 352 valence electrons. The van der Waals surface area contributed by atoms with E-state index in [0.717, 1.165) is 113 Å². The Hall–Kier alpha value is -5.00. The summed E-state index contributed by atoms with van der Waals surface area (Å²) in [6.45, 7) is 10.5. The standard InChI is InChI=1S/C55H74N2O8/c1-3-5-7-9-11-35-62-47-29-18-43(19-30-47)39-64-49-25-14-41(15-26-49)13-24-46(58)38-52(51-33-23-45(56)37-53(51)57)55(60,61)54(59)34-22-42-16-27-50(28-17-42)65-40-44-20-31-48(32-21-44)63-36-12-10-8-6-4-2/h3-4,13-17,22-28,33-34,37,43-44,47-48,52,60-61H,1-2,5-12,18-21,29-32,35-36,38-40,56-57H2/b24-13+,34-22+. The summed E-state index contributed by atoms with van der Waals surface area (Å²) in [5.41, 5.74) is 14.4. The minimum absolute atomic E-state index is 0.140. The summed E-state index contributed by atoms with van der Waals surface area (Å²) in [5, 5.41) is 22.9. The first-order valence-electron chi connectivity index (χ1n) is 24.0. The number of anilines is 2. The summed E-state index contributed by atoms with van der Waals surface area (Å²) in [6, 6.07) is 19.3. The van der Waals surface area contributed by atoms with Gasteiger partial charge in [0.25, 0.3) is 0 Å². The van der Waals surface area contributed by atoms with E-state index in [4.69, 9.17) is 30.4 Å². The zero-order valence-electron chi connectivity index (χ0n) is 38.5. The van der Waals surface area contributed by atoms with Crippen LogP contribution in [0, 0.1) is 11.8 Å². The molecule has 0 amide bonds. The second kappa shape index (κ2) is 27.5. The number of ketones is 2. The van der Waals surface area contributed by atoms with E-state index in [9.17, 15) is 19.8 Å². The number of ether oxygens (including phenoxy) is 4. The number of carbonyl (C=O) groups excluding carboxylic acids is 2. The molecule has 0 bridgehead atoms. The molecule has 0 heterocycles. The SMILES string of the molecule is C=CCCCCCOC1CCC(COc2ccc(/C=C/C(=O)CC(c3ccc(N)cc3N)C(O)(O)C(=O)/C=C/c3ccc(OCC4CCC(OCCCCCC=C)CC4)cc3)cc2)CC1. The van der Waals surface area contributed by atoms with Crippen molar-refractivity contribution >= 4 is 35.1 Å². The molecule has 2 aliphatic rings. The lowest BCUT2D eigenvalue weighted by Gasteiger charge is -2.30. The first-order valence-corrected chi connectivity index (χ1v) is 24.0. The van der Waals surface area contributed by atoms with Crippen LogP contribution in [0.25, 0.3) is 12.2 Å². The average molecular weight is 891 g/mol. The van der Waals surface area contributed by atoms with Gasteiger partial charge in [-0.15, -0.1) is 13.2 Å². The topological polar surface area (TPSA) is 164 Å². The number of aliphatic hydroxyl groups is 2. The second-order valence-electron chi connectivity index (χ2n) is 17.9. The Kier molecular flexibility index (Phi) is 21.6. The van der Waals surface area contributed by atoms with E-state index in [1.54, 1.807) is 24.3 Å². The van der Waals surface area contributed by atoms with Gasteiger partial charge < -0.3 is 40.6 Å². The highest BCUT2D eigenvalue weighted by Crippen LogP contribution is 2.36. The van der Waals surface area contributed by atoms with Crippen molar-refractivity contribution < 1.29 is 38.7 Å². The van der Waals surface area contributed by atoms with Crippen molar-refractivity contribution in [3.05, 3.63) is 121 Å². The molecule has 1 unspecified atom stereocenters. The van der Waals surface area contributed by atoms with Gasteiger partial charge in [-0.2, -0.15) is 0 Å². The van der Waals surface area contributed by atoms with Crippen LogP contribution in [0.3, 0.4) is 0 Å². The van der Waals surface area contributed by atoms with Crippen molar-refractivity contribution in [1.29, 1.82) is 0 Å². The molecule has 1 atom stereocenters. The third kappa shape index (κ3) is 17.7. The maximum atomic E-state index is 13.5. The molecule has 0 spiro atoms. The molecular formula is C55H74N2O8. The summed E-state index contributed by atoms with van der Waals surface area (Å²) < 4.78 is 24.4. The van der Waals surface area contributed by atoms with Gasteiger partial charge in [0.05, 0.1) is 31.3 Å². The van der Waals surface area contributed by atoms with E-state index < -0.39 is 29.7 Å². The molecule has 65 heavy (non-hydrogen) atoms. The van der Waals surface area contributed by atoms with Crippen LogP contribution in [-0.2, 0) is 19.1 Å². The van der Waals surface area contributed by atoms with Gasteiger partial charge in [0.2, 0.25) is 11.6 Å². The smallest absolute Gasteiger partial charge is 0.235 e. The van der Waals surface area contributed by atoms with Crippen LogP contribution < -0.4 is 20.9 Å². The number of nitrogens with two attached hydrogens (primary N) is 2. The van der Waals surface area contributed by atoms with Crippen molar-refractivity contribution in [2.75, 3.05) is 37.9 Å². The zero-order valence-corrected chi connectivity index (χ0v) is 38.5. The fraction of sp³-hybridized carbons (Fsp3) is 0.491. The molecular weight excluding hydrogens is 817 g/mol. The van der Waals surface area contributed by atoms with Crippen LogP contribution in [0.4, 0.5) is 11.4 Å². The number of unbranched alkanes of at least 4 members (excludes halogenated alkanes) is 6. The van der Waals surface area contributed by atoms with Gasteiger partial charge in [0.1, 0.15) is 11.5 Å². The zero-order chi connectivity index (χ0) is 46.3. The molecule has 0 aromatic heterocycles. The van der Waals surface area contributed by atoms with Gasteiger partial charge in [0, 0.05) is 31.0 Å². The third-order valence-electron chi connectivity index (χ3n) is 12.8. The van der Waals surface area contributed by atoms with Crippen LogP contribution in [0.5, 0.6) is 11.5 Å². The molecule has 0 aliphatic heterocycles. The predicted octanol–water partition coefficient (Wildman–Crippen LogP) is 11.0. The number of allylic oxidation sites excluding steroid dienone is 3. The van der Waals surface area contributed by atoms with Gasteiger partial charge in [-0.05, 0) is 167 Å². The van der Waals surface area contributed by atoms with Crippen molar-refractivity contribution in [2.24, 2.45) is 11.8 Å². The molecule has 6 N–H and O–H groups in total. The molecule has 2 aliphatic carbocycles. The van der Waals surface area contributed by atoms with E-state index in [1.807, 2.05) is 48.6 Å². The van der Waals surface area contributed by atoms with Gasteiger partial charge in [-0.1, -0.05) is 67.5 Å². The van der Waals surface area contributed by atoms with Gasteiger partial charge in [-0.25, -0.2) is 0 Å². The molecule has 0 saturated heterocycles. The molecule has 2 saturated carbocycles. The maximum absolute atomic E-state index is 13.5. The lowest BCUT2D eigenvalue weighted by Crippen LogP contribution is -2.44. The van der Waals surface area contributed by atoms with Crippen molar-refractivity contribution in [2.45, 2.75) is 133 Å².